The van der Waals surface area contributed by atoms with Crippen LogP contribution in [0, 0.1) is 0 Å². The Labute approximate surface area is 93.8 Å². The van der Waals surface area contributed by atoms with Crippen molar-refractivity contribution in [1.29, 1.82) is 0 Å². The summed E-state index contributed by atoms with van der Waals surface area (Å²) in [6.07, 6.45) is 0. The highest BCUT2D eigenvalue weighted by molar-refractivity contribution is 4.67. The molecule has 0 unspecified atom stereocenters. The van der Waals surface area contributed by atoms with Gasteiger partial charge in [-0.15, -0.1) is 12.0 Å². The maximum Gasteiger partial charge on any atom is 0.0903 e. The van der Waals surface area contributed by atoms with Crippen molar-refractivity contribution in [3.8, 4) is 0 Å². The molecule has 0 bridgehead atoms. The maximum atomic E-state index is 5.72. The maximum absolute atomic E-state index is 5.72. The van der Waals surface area contributed by atoms with E-state index in [9.17, 15) is 0 Å². The van der Waals surface area contributed by atoms with E-state index in [2.05, 4.69) is 45.5 Å². The average molecular weight is 218 g/mol. The van der Waals surface area contributed by atoms with Crippen LogP contribution >= 0.6 is 0 Å². The Hall–Kier alpha value is -0.200. The minimum atomic E-state index is -0.0298. The van der Waals surface area contributed by atoms with E-state index in [-0.39, 0.29) is 16.3 Å². The zero-order valence-electron chi connectivity index (χ0n) is 11.3. The van der Waals surface area contributed by atoms with Crippen LogP contribution < -0.4 is 5.43 Å². The molecular formula is C10H26N4O. The highest BCUT2D eigenvalue weighted by Gasteiger charge is 2.23. The Morgan fingerprint density at radius 2 is 1.73 bits per heavy atom. The molecule has 15 heavy (non-hydrogen) atoms. The normalized spacial score (nSPS) is 14.0. The number of hydroxylamine groups is 3. The van der Waals surface area contributed by atoms with Crippen LogP contribution in [-0.2, 0) is 4.94 Å². The Balaban J connectivity index is 4.42. The van der Waals surface area contributed by atoms with Gasteiger partial charge < -0.3 is 5.43 Å². The van der Waals surface area contributed by atoms with Crippen LogP contribution in [0.5, 0.6) is 0 Å². The molecule has 0 fully saturated rings. The Bertz CT molecular complexity index is 186. The van der Waals surface area contributed by atoms with Crippen LogP contribution in [-0.4, -0.2) is 42.7 Å². The fourth-order valence-electron chi connectivity index (χ4n) is 0.826. The second kappa shape index (κ2) is 5.23. The quantitative estimate of drug-likeness (QED) is 0.565. The number of nitrogens with one attached hydrogen (secondary N) is 1. The van der Waals surface area contributed by atoms with Crippen molar-refractivity contribution in [1.82, 2.24) is 10.6 Å². The molecular weight excluding hydrogens is 192 g/mol. The summed E-state index contributed by atoms with van der Waals surface area (Å²) in [4.78, 5) is 5.72. The number of hydrazine groups is 1. The van der Waals surface area contributed by atoms with Gasteiger partial charge >= 0.3 is 0 Å². The third-order valence-corrected chi connectivity index (χ3v) is 1.68. The van der Waals surface area contributed by atoms with Crippen LogP contribution in [0.2, 0.25) is 0 Å². The van der Waals surface area contributed by atoms with Gasteiger partial charge in [-0.05, 0) is 34.6 Å². The van der Waals surface area contributed by atoms with E-state index in [1.807, 2.05) is 14.1 Å². The minimum absolute atomic E-state index is 0.0298. The molecule has 92 valence electrons. The Kier molecular flexibility index (Phi) is 5.16. The summed E-state index contributed by atoms with van der Waals surface area (Å²) in [5, 5.41) is 1.74. The number of nitrogens with zero attached hydrogens (tertiary/aromatic N) is 3. The van der Waals surface area contributed by atoms with Gasteiger partial charge in [-0.2, -0.15) is 0 Å². The Morgan fingerprint density at radius 3 is 2.00 bits per heavy atom. The monoisotopic (exact) mass is 218 g/mol. The molecule has 0 radical (unpaired) electrons. The van der Waals surface area contributed by atoms with Gasteiger partial charge in [0.1, 0.15) is 0 Å². The summed E-state index contributed by atoms with van der Waals surface area (Å²) in [5.41, 5.74) is 7.36. The molecule has 0 aromatic carbocycles. The molecule has 5 nitrogen and oxygen atoms in total. The van der Waals surface area contributed by atoms with Crippen molar-refractivity contribution in [2.45, 2.75) is 46.2 Å². The number of hydrogen-bond acceptors (Lipinski definition) is 3. The first kappa shape index (κ1) is 14.8. The number of hydrogen-bond donors (Lipinski definition) is 1. The third-order valence-electron chi connectivity index (χ3n) is 1.68. The molecule has 0 aromatic rings. The van der Waals surface area contributed by atoms with E-state index in [4.69, 9.17) is 4.94 Å². The summed E-state index contributed by atoms with van der Waals surface area (Å²) in [6.45, 7) is 10.4. The molecule has 0 amide bonds. The second-order valence-corrected chi connectivity index (χ2v) is 5.36. The van der Waals surface area contributed by atoms with E-state index >= 15 is 0 Å². The smallest absolute Gasteiger partial charge is 0.0903 e. The standard InChI is InChI=1S/C10H26N4O/c1-9(2)13(12-10(3,4)5)15-14(7,8)11-6/h9,12H,1-8H3. The van der Waals surface area contributed by atoms with Crippen LogP contribution in [0.4, 0.5) is 0 Å². The van der Waals surface area contributed by atoms with Gasteiger partial charge in [-0.3, -0.25) is 0 Å². The first-order valence-electron chi connectivity index (χ1n) is 5.29. The summed E-state index contributed by atoms with van der Waals surface area (Å²) >= 11 is 0. The molecule has 0 aliphatic carbocycles. The van der Waals surface area contributed by atoms with Crippen molar-refractivity contribution in [2.24, 2.45) is 0 Å². The molecule has 0 aromatic heterocycles. The van der Waals surface area contributed by atoms with Crippen molar-refractivity contribution in [2.75, 3.05) is 21.1 Å². The van der Waals surface area contributed by atoms with E-state index in [1.54, 1.807) is 12.2 Å². The zero-order valence-corrected chi connectivity index (χ0v) is 11.3. The van der Waals surface area contributed by atoms with Crippen LogP contribution in [0.15, 0.2) is 0 Å². The molecule has 0 saturated carbocycles. The average Bonchev–Trinajstić information content (AvgIpc) is 2.00. The lowest BCUT2D eigenvalue weighted by molar-refractivity contribution is -1.08. The number of quaternary nitrogens is 1. The minimum Gasteiger partial charge on any atom is -0.419 e. The van der Waals surface area contributed by atoms with Gasteiger partial charge in [0.15, 0.2) is 0 Å². The molecule has 0 saturated heterocycles. The van der Waals surface area contributed by atoms with Crippen LogP contribution in [0.1, 0.15) is 34.6 Å². The van der Waals surface area contributed by atoms with Gasteiger partial charge in [0.25, 0.3) is 0 Å². The van der Waals surface area contributed by atoms with Gasteiger partial charge in [0.05, 0.1) is 20.1 Å². The van der Waals surface area contributed by atoms with Gasteiger partial charge in [0.2, 0.25) is 0 Å². The molecule has 0 rings (SSSR count). The fraction of sp³-hybridized carbons (Fsp3) is 1.00. The summed E-state index contributed by atoms with van der Waals surface area (Å²) in [6, 6.07) is 0.239. The Morgan fingerprint density at radius 1 is 1.27 bits per heavy atom. The highest BCUT2D eigenvalue weighted by atomic mass is 16.9. The second-order valence-electron chi connectivity index (χ2n) is 5.36. The van der Waals surface area contributed by atoms with Crippen molar-refractivity contribution in [3.05, 3.63) is 5.43 Å². The summed E-state index contributed by atoms with van der Waals surface area (Å²) in [7, 11) is 5.48. The lowest BCUT2D eigenvalue weighted by Gasteiger charge is -2.42. The van der Waals surface area contributed by atoms with E-state index in [0.717, 1.165) is 0 Å². The lowest BCUT2D eigenvalue weighted by Crippen LogP contribution is -2.56. The molecule has 0 heterocycles. The topological polar surface area (TPSA) is 38.6 Å². The zero-order chi connectivity index (χ0) is 12.3. The third kappa shape index (κ3) is 6.81. The van der Waals surface area contributed by atoms with Crippen molar-refractivity contribution < 1.29 is 9.69 Å². The predicted octanol–water partition coefficient (Wildman–Crippen LogP) is 1.84. The molecule has 0 aliphatic heterocycles. The van der Waals surface area contributed by atoms with Crippen molar-refractivity contribution >= 4 is 0 Å². The van der Waals surface area contributed by atoms with E-state index in [0.29, 0.717) is 0 Å². The molecule has 0 atom stereocenters. The van der Waals surface area contributed by atoms with E-state index < -0.39 is 0 Å². The van der Waals surface area contributed by atoms with Gasteiger partial charge in [-0.1, -0.05) is 5.17 Å². The first-order chi connectivity index (χ1) is 6.57. The van der Waals surface area contributed by atoms with Crippen LogP contribution in [0.3, 0.4) is 0 Å². The van der Waals surface area contributed by atoms with Gasteiger partial charge in [-0.25, -0.2) is 10.2 Å². The SMILES string of the molecule is C[N-][N+](C)(C)ON(NC(C)(C)C)C(C)C. The molecule has 1 N–H and O–H groups in total. The predicted molar refractivity (Wildman–Crippen MR) is 62.3 cm³/mol. The van der Waals surface area contributed by atoms with Crippen molar-refractivity contribution in [3.63, 3.8) is 0 Å². The number of rotatable bonds is 5. The lowest BCUT2D eigenvalue weighted by atomic mass is 10.1. The summed E-state index contributed by atoms with van der Waals surface area (Å²) in [5.74, 6) is 0. The fourth-order valence-corrected chi connectivity index (χ4v) is 0.826. The summed E-state index contributed by atoms with van der Waals surface area (Å²) < 4.78 is 0.140. The van der Waals surface area contributed by atoms with E-state index in [1.165, 1.54) is 0 Å². The molecule has 5 heteroatoms. The largest absolute Gasteiger partial charge is 0.419 e. The van der Waals surface area contributed by atoms with Gasteiger partial charge in [0, 0.05) is 5.54 Å². The highest BCUT2D eigenvalue weighted by Crippen LogP contribution is 2.11. The molecule has 0 spiro atoms. The van der Waals surface area contributed by atoms with Crippen LogP contribution in [0.25, 0.3) is 5.43 Å². The molecule has 0 aliphatic rings. The first-order valence-corrected chi connectivity index (χ1v) is 5.29.